The Hall–Kier alpha value is -2.55. The van der Waals surface area contributed by atoms with Gasteiger partial charge in [0.15, 0.2) is 0 Å². The van der Waals surface area contributed by atoms with Crippen molar-refractivity contribution in [1.82, 2.24) is 25.3 Å². The summed E-state index contributed by atoms with van der Waals surface area (Å²) in [5, 5.41) is 7.31. The van der Waals surface area contributed by atoms with Crippen LogP contribution in [-0.4, -0.2) is 52.0 Å². The summed E-state index contributed by atoms with van der Waals surface area (Å²) in [6.07, 6.45) is 4.25. The number of carbonyl (C=O) groups is 1. The standard InChI is InChI=1S/C29H36BrN5O2/c1-21-8-12-34(13-9-21)19-23-5-2-4-22(16-23)18-31-29(36)24-10-14-35(15-11-24)20-27-32-28(33-37-27)25-6-3-7-26(30)17-25/h2-7,16-17,21,24H,8-15,18-20H2,1H3,(H,31,36). The number of aromatic nitrogens is 2. The Morgan fingerprint density at radius 3 is 2.46 bits per heavy atom. The summed E-state index contributed by atoms with van der Waals surface area (Å²) in [7, 11) is 0. The van der Waals surface area contributed by atoms with Crippen LogP contribution in [0.2, 0.25) is 0 Å². The third-order valence-electron chi connectivity index (χ3n) is 7.61. The van der Waals surface area contributed by atoms with Crippen LogP contribution in [-0.2, 0) is 24.4 Å². The summed E-state index contributed by atoms with van der Waals surface area (Å²) in [4.78, 5) is 22.3. The van der Waals surface area contributed by atoms with E-state index in [0.717, 1.165) is 48.4 Å². The van der Waals surface area contributed by atoms with E-state index in [2.05, 4.69) is 72.4 Å². The van der Waals surface area contributed by atoms with Gasteiger partial charge in [-0.3, -0.25) is 14.6 Å². The van der Waals surface area contributed by atoms with Crippen LogP contribution in [0.25, 0.3) is 11.4 Å². The van der Waals surface area contributed by atoms with Gasteiger partial charge in [-0.2, -0.15) is 4.98 Å². The van der Waals surface area contributed by atoms with Gasteiger partial charge in [-0.05, 0) is 81.0 Å². The number of likely N-dealkylation sites (tertiary alicyclic amines) is 2. The molecule has 0 atom stereocenters. The molecule has 196 valence electrons. The summed E-state index contributed by atoms with van der Waals surface area (Å²) in [6.45, 7) is 8.59. The van der Waals surface area contributed by atoms with E-state index in [-0.39, 0.29) is 11.8 Å². The third kappa shape index (κ3) is 7.27. The lowest BCUT2D eigenvalue weighted by Gasteiger charge is -2.30. The predicted molar refractivity (Wildman–Crippen MR) is 147 cm³/mol. The lowest BCUT2D eigenvalue weighted by molar-refractivity contribution is -0.126. The summed E-state index contributed by atoms with van der Waals surface area (Å²) >= 11 is 3.48. The normalized spacial score (nSPS) is 18.2. The van der Waals surface area contributed by atoms with Gasteiger partial charge in [-0.15, -0.1) is 0 Å². The van der Waals surface area contributed by atoms with Crippen LogP contribution in [0.5, 0.6) is 0 Å². The molecule has 3 aromatic rings. The highest BCUT2D eigenvalue weighted by Crippen LogP contribution is 2.23. The number of amides is 1. The smallest absolute Gasteiger partial charge is 0.241 e. The van der Waals surface area contributed by atoms with Crippen LogP contribution >= 0.6 is 15.9 Å². The van der Waals surface area contributed by atoms with Crippen LogP contribution < -0.4 is 5.32 Å². The molecule has 2 saturated heterocycles. The van der Waals surface area contributed by atoms with Gasteiger partial charge in [0, 0.05) is 29.0 Å². The Morgan fingerprint density at radius 1 is 0.973 bits per heavy atom. The summed E-state index contributed by atoms with van der Waals surface area (Å²) in [5.74, 6) is 2.26. The minimum atomic E-state index is 0.0506. The van der Waals surface area contributed by atoms with Crippen molar-refractivity contribution < 1.29 is 9.32 Å². The van der Waals surface area contributed by atoms with Crippen molar-refractivity contribution >= 4 is 21.8 Å². The highest BCUT2D eigenvalue weighted by Gasteiger charge is 2.26. The molecule has 0 bridgehead atoms. The van der Waals surface area contributed by atoms with Gasteiger partial charge in [0.1, 0.15) is 0 Å². The minimum Gasteiger partial charge on any atom is -0.352 e. The minimum absolute atomic E-state index is 0.0506. The van der Waals surface area contributed by atoms with Crippen LogP contribution in [0, 0.1) is 11.8 Å². The molecule has 1 N–H and O–H groups in total. The first-order valence-electron chi connectivity index (χ1n) is 13.4. The van der Waals surface area contributed by atoms with E-state index in [1.165, 1.54) is 37.1 Å². The first-order valence-corrected chi connectivity index (χ1v) is 14.2. The van der Waals surface area contributed by atoms with E-state index in [0.29, 0.717) is 24.8 Å². The third-order valence-corrected chi connectivity index (χ3v) is 8.10. The largest absolute Gasteiger partial charge is 0.352 e. The van der Waals surface area contributed by atoms with E-state index in [9.17, 15) is 4.79 Å². The van der Waals surface area contributed by atoms with Crippen molar-refractivity contribution in [2.24, 2.45) is 11.8 Å². The van der Waals surface area contributed by atoms with Crippen LogP contribution in [0.4, 0.5) is 0 Å². The predicted octanol–water partition coefficient (Wildman–Crippen LogP) is 5.26. The van der Waals surface area contributed by atoms with E-state index in [1.807, 2.05) is 24.3 Å². The molecule has 8 heteroatoms. The van der Waals surface area contributed by atoms with Gasteiger partial charge in [0.2, 0.25) is 17.6 Å². The van der Waals surface area contributed by atoms with E-state index in [4.69, 9.17) is 4.52 Å². The molecule has 0 unspecified atom stereocenters. The van der Waals surface area contributed by atoms with E-state index in [1.54, 1.807) is 0 Å². The van der Waals surface area contributed by atoms with Gasteiger partial charge in [0.05, 0.1) is 6.54 Å². The van der Waals surface area contributed by atoms with Gasteiger partial charge in [-0.25, -0.2) is 0 Å². The maximum absolute atomic E-state index is 12.9. The second kappa shape index (κ2) is 12.3. The fourth-order valence-electron chi connectivity index (χ4n) is 5.26. The number of hydrogen-bond acceptors (Lipinski definition) is 6. The number of halogens is 1. The SMILES string of the molecule is CC1CCN(Cc2cccc(CNC(=O)C3CCN(Cc4nc(-c5cccc(Br)c5)no4)CC3)c2)CC1. The molecular weight excluding hydrogens is 530 g/mol. The molecular formula is C29H36BrN5O2. The molecule has 0 saturated carbocycles. The summed E-state index contributed by atoms with van der Waals surface area (Å²) in [6, 6.07) is 16.5. The van der Waals surface area contributed by atoms with Crippen molar-refractivity contribution in [3.8, 4) is 11.4 Å². The lowest BCUT2D eigenvalue weighted by Crippen LogP contribution is -2.40. The van der Waals surface area contributed by atoms with Gasteiger partial charge in [0.25, 0.3) is 0 Å². The fourth-order valence-corrected chi connectivity index (χ4v) is 5.66. The zero-order valence-electron chi connectivity index (χ0n) is 21.5. The molecule has 0 radical (unpaired) electrons. The second-order valence-electron chi connectivity index (χ2n) is 10.6. The van der Waals surface area contributed by atoms with Gasteiger partial charge >= 0.3 is 0 Å². The Kier molecular flexibility index (Phi) is 8.69. The maximum Gasteiger partial charge on any atom is 0.241 e. The van der Waals surface area contributed by atoms with Crippen molar-refractivity contribution in [2.75, 3.05) is 26.2 Å². The van der Waals surface area contributed by atoms with Gasteiger partial charge in [-0.1, -0.05) is 64.4 Å². The van der Waals surface area contributed by atoms with Crippen molar-refractivity contribution in [2.45, 2.75) is 52.2 Å². The number of hydrogen-bond donors (Lipinski definition) is 1. The monoisotopic (exact) mass is 565 g/mol. The Balaban J connectivity index is 1.05. The first-order chi connectivity index (χ1) is 18.0. The van der Waals surface area contributed by atoms with Gasteiger partial charge < -0.3 is 9.84 Å². The number of rotatable bonds is 8. The molecule has 2 aromatic carbocycles. The van der Waals surface area contributed by atoms with Crippen molar-refractivity contribution in [3.63, 3.8) is 0 Å². The molecule has 2 fully saturated rings. The molecule has 3 heterocycles. The number of carbonyl (C=O) groups excluding carboxylic acids is 1. The molecule has 0 spiro atoms. The quantitative estimate of drug-likeness (QED) is 0.401. The zero-order chi connectivity index (χ0) is 25.6. The molecule has 1 amide bonds. The second-order valence-corrected chi connectivity index (χ2v) is 11.5. The van der Waals surface area contributed by atoms with E-state index >= 15 is 0 Å². The molecule has 5 rings (SSSR count). The Labute approximate surface area is 227 Å². The molecule has 0 aliphatic carbocycles. The van der Waals surface area contributed by atoms with Crippen molar-refractivity contribution in [1.29, 1.82) is 0 Å². The van der Waals surface area contributed by atoms with Crippen LogP contribution in [0.1, 0.15) is 49.6 Å². The molecule has 2 aliphatic heterocycles. The number of benzene rings is 2. The zero-order valence-corrected chi connectivity index (χ0v) is 23.1. The Morgan fingerprint density at radius 2 is 1.68 bits per heavy atom. The fraction of sp³-hybridized carbons (Fsp3) is 0.483. The molecule has 1 aromatic heterocycles. The van der Waals surface area contributed by atoms with Crippen molar-refractivity contribution in [3.05, 3.63) is 70.0 Å². The highest BCUT2D eigenvalue weighted by atomic mass is 79.9. The highest BCUT2D eigenvalue weighted by molar-refractivity contribution is 9.10. The molecule has 2 aliphatic rings. The first kappa shape index (κ1) is 26.1. The topological polar surface area (TPSA) is 74.5 Å². The number of nitrogens with zero attached hydrogens (tertiary/aromatic N) is 4. The summed E-state index contributed by atoms with van der Waals surface area (Å²) < 4.78 is 6.47. The van der Waals surface area contributed by atoms with Crippen LogP contribution in [0.3, 0.4) is 0 Å². The average Bonchev–Trinajstić information content (AvgIpc) is 3.38. The number of nitrogens with one attached hydrogen (secondary N) is 1. The summed E-state index contributed by atoms with van der Waals surface area (Å²) in [5.41, 5.74) is 3.43. The average molecular weight is 567 g/mol. The lowest BCUT2D eigenvalue weighted by atomic mass is 9.95. The molecule has 37 heavy (non-hydrogen) atoms. The van der Waals surface area contributed by atoms with Crippen LogP contribution in [0.15, 0.2) is 57.5 Å². The molecule has 7 nitrogen and oxygen atoms in total. The number of piperidine rings is 2. The maximum atomic E-state index is 12.9. The van der Waals surface area contributed by atoms with E-state index < -0.39 is 0 Å². The Bertz CT molecular complexity index is 1180.